The van der Waals surface area contributed by atoms with E-state index in [1.165, 1.54) is 4.90 Å². The number of nitrogens with zero attached hydrogens (tertiary/aromatic N) is 1. The summed E-state index contributed by atoms with van der Waals surface area (Å²) in [7, 11) is 0. The van der Waals surface area contributed by atoms with Crippen molar-refractivity contribution in [3.05, 3.63) is 0 Å². The molecule has 0 aromatic carbocycles. The Hall–Kier alpha value is -1.63. The first-order chi connectivity index (χ1) is 9.68. The molecule has 0 aromatic rings. The average molecular weight is 285 g/mol. The van der Waals surface area contributed by atoms with Crippen molar-refractivity contribution in [2.75, 3.05) is 13.1 Å². The van der Waals surface area contributed by atoms with Gasteiger partial charge >= 0.3 is 0 Å². The van der Waals surface area contributed by atoms with E-state index in [2.05, 4.69) is 5.32 Å². The Morgan fingerprint density at radius 3 is 2.55 bits per heavy atom. The van der Waals surface area contributed by atoms with Crippen molar-refractivity contribution < 1.29 is 15.8 Å². The van der Waals surface area contributed by atoms with Gasteiger partial charge in [0.2, 0.25) is 17.7 Å². The summed E-state index contributed by atoms with van der Waals surface area (Å²) in [4.78, 5) is 36.2. The van der Waals surface area contributed by atoms with Crippen LogP contribution in [0.2, 0.25) is 0 Å². The SMILES string of the molecule is [2H]C1(C(N)=O)CCCN1[C@@H](CC(C)C)C(=O)NCC(N)=O. The summed E-state index contributed by atoms with van der Waals surface area (Å²) in [5.74, 6) is -1.61. The minimum Gasteiger partial charge on any atom is -0.368 e. The largest absolute Gasteiger partial charge is 0.368 e. The molecule has 114 valence electrons. The number of carbonyl (C=O) groups excluding carboxylic acids is 3. The highest BCUT2D eigenvalue weighted by Gasteiger charge is 2.37. The van der Waals surface area contributed by atoms with Crippen molar-refractivity contribution in [3.8, 4) is 0 Å². The number of hydrogen-bond donors (Lipinski definition) is 3. The van der Waals surface area contributed by atoms with Crippen LogP contribution in [0, 0.1) is 5.92 Å². The van der Waals surface area contributed by atoms with E-state index < -0.39 is 29.8 Å². The van der Waals surface area contributed by atoms with Crippen LogP contribution in [0.15, 0.2) is 0 Å². The molecule has 1 fully saturated rings. The maximum atomic E-state index is 12.3. The predicted molar refractivity (Wildman–Crippen MR) is 74.4 cm³/mol. The lowest BCUT2D eigenvalue weighted by Gasteiger charge is -2.31. The van der Waals surface area contributed by atoms with Gasteiger partial charge in [0.25, 0.3) is 0 Å². The third-order valence-electron chi connectivity index (χ3n) is 3.25. The van der Waals surface area contributed by atoms with Gasteiger partial charge in [-0.15, -0.1) is 0 Å². The minimum absolute atomic E-state index is 0.187. The van der Waals surface area contributed by atoms with E-state index >= 15 is 0 Å². The van der Waals surface area contributed by atoms with Gasteiger partial charge in [0.05, 0.1) is 20.0 Å². The van der Waals surface area contributed by atoms with E-state index in [9.17, 15) is 14.4 Å². The fourth-order valence-electron chi connectivity index (χ4n) is 2.42. The first-order valence-corrected chi connectivity index (χ1v) is 6.81. The van der Waals surface area contributed by atoms with E-state index in [4.69, 9.17) is 12.8 Å². The fraction of sp³-hybridized carbons (Fsp3) is 0.769. The molecule has 5 N–H and O–H groups in total. The third kappa shape index (κ3) is 4.48. The zero-order chi connectivity index (χ0) is 16.2. The van der Waals surface area contributed by atoms with Gasteiger partial charge in [0.1, 0.15) is 0 Å². The monoisotopic (exact) mass is 285 g/mol. The van der Waals surface area contributed by atoms with E-state index in [0.29, 0.717) is 25.8 Å². The van der Waals surface area contributed by atoms with Crippen LogP contribution in [0.5, 0.6) is 0 Å². The van der Waals surface area contributed by atoms with E-state index in [-0.39, 0.29) is 12.5 Å². The predicted octanol–water partition coefficient (Wildman–Crippen LogP) is -1.05. The molecule has 20 heavy (non-hydrogen) atoms. The molecule has 1 aliphatic rings. The molecular formula is C13H24N4O3. The Bertz CT molecular complexity index is 430. The van der Waals surface area contributed by atoms with E-state index in [1.807, 2.05) is 13.8 Å². The van der Waals surface area contributed by atoms with Gasteiger partial charge in [-0.25, -0.2) is 0 Å². The highest BCUT2D eigenvalue weighted by molar-refractivity contribution is 5.88. The summed E-state index contributed by atoms with van der Waals surface area (Å²) in [6, 6.07) is -2.24. The molecule has 3 amide bonds. The number of nitrogens with two attached hydrogens (primary N) is 2. The number of carbonyl (C=O) groups is 3. The Morgan fingerprint density at radius 1 is 1.40 bits per heavy atom. The summed E-state index contributed by atoms with van der Waals surface area (Å²) in [6.45, 7) is 4.08. The first kappa shape index (κ1) is 14.8. The highest BCUT2D eigenvalue weighted by atomic mass is 16.2. The fourth-order valence-corrected chi connectivity index (χ4v) is 2.42. The second kappa shape index (κ2) is 7.23. The number of primary amides is 2. The van der Waals surface area contributed by atoms with E-state index in [0.717, 1.165) is 0 Å². The second-order valence-electron chi connectivity index (χ2n) is 5.44. The number of amides is 3. The molecule has 1 heterocycles. The van der Waals surface area contributed by atoms with Crippen molar-refractivity contribution in [1.82, 2.24) is 10.2 Å². The normalized spacial score (nSPS) is 25.2. The van der Waals surface area contributed by atoms with Crippen molar-refractivity contribution in [1.29, 1.82) is 0 Å². The lowest BCUT2D eigenvalue weighted by atomic mass is 10.0. The highest BCUT2D eigenvalue weighted by Crippen LogP contribution is 2.23. The molecule has 7 heteroatoms. The standard InChI is InChI=1S/C13H24N4O3/c1-8(2)6-10(13(20)16-7-11(14)18)17-5-3-4-9(17)12(15)19/h8-10H,3-7H2,1-2H3,(H2,14,18)(H2,15,19)(H,16,20)/t9?,10-/m0/s1/i9D. The van der Waals surface area contributed by atoms with Gasteiger partial charge in [-0.1, -0.05) is 13.8 Å². The topological polar surface area (TPSA) is 119 Å². The number of rotatable bonds is 7. The molecule has 0 aliphatic carbocycles. The molecular weight excluding hydrogens is 260 g/mol. The first-order valence-electron chi connectivity index (χ1n) is 7.31. The molecule has 0 radical (unpaired) electrons. The quantitative estimate of drug-likeness (QED) is 0.553. The molecule has 1 aliphatic heterocycles. The minimum atomic E-state index is -1.57. The summed E-state index contributed by atoms with van der Waals surface area (Å²) >= 11 is 0. The Kier molecular flexibility index (Phi) is 5.34. The van der Waals surface area contributed by atoms with Crippen LogP contribution >= 0.6 is 0 Å². The summed E-state index contributed by atoms with van der Waals surface area (Å²) in [5, 5.41) is 2.45. The number of nitrogens with one attached hydrogen (secondary N) is 1. The van der Waals surface area contributed by atoms with Gasteiger partial charge in [-0.3, -0.25) is 19.3 Å². The lowest BCUT2D eigenvalue weighted by Crippen LogP contribution is -2.53. The van der Waals surface area contributed by atoms with Crippen LogP contribution in [0.4, 0.5) is 0 Å². The molecule has 0 spiro atoms. The third-order valence-corrected chi connectivity index (χ3v) is 3.25. The van der Waals surface area contributed by atoms with Crippen molar-refractivity contribution >= 4 is 17.7 Å². The zero-order valence-electron chi connectivity index (χ0n) is 13.0. The average Bonchev–Trinajstić information content (AvgIpc) is 2.76. The Labute approximate surface area is 120 Å². The summed E-state index contributed by atoms with van der Waals surface area (Å²) in [5.41, 5.74) is 10.4. The van der Waals surface area contributed by atoms with E-state index in [1.54, 1.807) is 0 Å². The zero-order valence-corrected chi connectivity index (χ0v) is 12.0. The molecule has 7 nitrogen and oxygen atoms in total. The smallest absolute Gasteiger partial charge is 0.237 e. The molecule has 0 bridgehead atoms. The maximum absolute atomic E-state index is 12.3. The summed E-state index contributed by atoms with van der Waals surface area (Å²) < 4.78 is 8.26. The molecule has 1 rings (SSSR count). The Balaban J connectivity index is 2.93. The van der Waals surface area contributed by atoms with Crippen molar-refractivity contribution in [2.45, 2.75) is 45.2 Å². The van der Waals surface area contributed by atoms with Crippen molar-refractivity contribution in [3.63, 3.8) is 0 Å². The summed E-state index contributed by atoms with van der Waals surface area (Å²) in [6.07, 6.45) is 1.41. The molecule has 2 atom stereocenters. The Morgan fingerprint density at radius 2 is 2.05 bits per heavy atom. The molecule has 0 saturated carbocycles. The van der Waals surface area contributed by atoms with Crippen LogP contribution in [0.3, 0.4) is 0 Å². The van der Waals surface area contributed by atoms with Crippen LogP contribution in [0.1, 0.15) is 34.5 Å². The van der Waals surface area contributed by atoms with Crippen LogP contribution < -0.4 is 16.8 Å². The molecule has 1 saturated heterocycles. The van der Waals surface area contributed by atoms with Gasteiger partial charge in [-0.05, 0) is 31.7 Å². The lowest BCUT2D eigenvalue weighted by molar-refractivity contribution is -0.132. The van der Waals surface area contributed by atoms with Gasteiger partial charge in [0.15, 0.2) is 0 Å². The maximum Gasteiger partial charge on any atom is 0.237 e. The van der Waals surface area contributed by atoms with Gasteiger partial charge in [0, 0.05) is 0 Å². The second-order valence-corrected chi connectivity index (χ2v) is 5.44. The molecule has 1 unspecified atom stereocenters. The van der Waals surface area contributed by atoms with Gasteiger partial charge < -0.3 is 16.8 Å². The number of hydrogen-bond acceptors (Lipinski definition) is 4. The molecule has 0 aromatic heterocycles. The van der Waals surface area contributed by atoms with Crippen molar-refractivity contribution in [2.24, 2.45) is 17.4 Å². The van der Waals surface area contributed by atoms with Gasteiger partial charge in [-0.2, -0.15) is 0 Å². The van der Waals surface area contributed by atoms with Crippen LogP contribution in [-0.4, -0.2) is 47.8 Å². The van der Waals surface area contributed by atoms with Crippen LogP contribution in [-0.2, 0) is 14.4 Å². The van der Waals surface area contributed by atoms with Crippen LogP contribution in [0.25, 0.3) is 0 Å². The number of likely N-dealkylation sites (tertiary alicyclic amines) is 1.